The zero-order chi connectivity index (χ0) is 48.6. The average Bonchev–Trinajstić information content (AvgIpc) is 3.96. The fourth-order valence-corrected chi connectivity index (χ4v) is 10.7. The van der Waals surface area contributed by atoms with Crippen LogP contribution in [0, 0.1) is 16.6 Å². The second kappa shape index (κ2) is 19.3. The van der Waals surface area contributed by atoms with Crippen LogP contribution in [0.25, 0.3) is 0 Å². The van der Waals surface area contributed by atoms with Crippen LogP contribution in [0.2, 0.25) is 0 Å². The molecule has 17 nitrogen and oxygen atoms in total. The number of hydrogen-bond acceptors (Lipinski definition) is 9. The van der Waals surface area contributed by atoms with Gasteiger partial charge in [-0.15, -0.1) is 0 Å². The van der Waals surface area contributed by atoms with Crippen molar-refractivity contribution in [1.82, 2.24) is 19.6 Å². The molecule has 3 aromatic rings. The van der Waals surface area contributed by atoms with E-state index in [4.69, 9.17) is 11.5 Å². The second-order valence-electron chi connectivity index (χ2n) is 19.5. The van der Waals surface area contributed by atoms with Crippen LogP contribution < -0.4 is 16.4 Å². The molecule has 3 aliphatic heterocycles. The molecule has 8 atom stereocenters. The van der Waals surface area contributed by atoms with Crippen LogP contribution in [0.1, 0.15) is 113 Å². The molecule has 0 aliphatic carbocycles. The fraction of sp³-hybridized carbons (Fsp3) is 0.500. The van der Waals surface area contributed by atoms with Gasteiger partial charge in [-0.1, -0.05) is 76.2 Å². The van der Waals surface area contributed by atoms with E-state index >= 15 is 0 Å². The van der Waals surface area contributed by atoms with Gasteiger partial charge in [0, 0.05) is 56.5 Å². The predicted octanol–water partition coefficient (Wildman–Crippen LogP) is 4.94. The Bertz CT molecular complexity index is 2160. The first-order valence-electron chi connectivity index (χ1n) is 22.1. The number of carbonyl (C=O) groups is 6. The van der Waals surface area contributed by atoms with E-state index in [1.165, 1.54) is 36.0 Å². The number of anilines is 1. The fourth-order valence-electron chi connectivity index (χ4n) is 10.7. The number of carboxylic acid groups (broad SMARTS) is 2. The van der Waals surface area contributed by atoms with E-state index in [1.807, 2.05) is 48.5 Å². The van der Waals surface area contributed by atoms with Crippen molar-refractivity contribution >= 4 is 41.5 Å². The van der Waals surface area contributed by atoms with Gasteiger partial charge >= 0.3 is 12.2 Å². The van der Waals surface area contributed by atoms with E-state index < -0.39 is 83.0 Å². The Kier molecular flexibility index (Phi) is 14.4. The molecule has 3 fully saturated rings. The predicted molar refractivity (Wildman–Crippen MR) is 241 cm³/mol. The Morgan fingerprint density at radius 1 is 0.606 bits per heavy atom. The van der Waals surface area contributed by atoms with Crippen molar-refractivity contribution in [3.63, 3.8) is 0 Å². The summed E-state index contributed by atoms with van der Waals surface area (Å²) in [6.07, 6.45) is -3.08. The van der Waals surface area contributed by atoms with Crippen LogP contribution in [-0.2, 0) is 19.2 Å². The molecule has 3 heterocycles. The summed E-state index contributed by atoms with van der Waals surface area (Å²) in [6, 6.07) is 17.6. The Hall–Kier alpha value is -6.27. The van der Waals surface area contributed by atoms with E-state index in [9.17, 15) is 53.6 Å². The number of β-amino-alcohol motifs (C(OH)–C–C–N with tert-alkyl or cyclic N) is 2. The van der Waals surface area contributed by atoms with Crippen LogP contribution in [0.3, 0.4) is 0 Å². The summed E-state index contributed by atoms with van der Waals surface area (Å²) in [6.45, 7) is 6.39. The lowest BCUT2D eigenvalue weighted by Crippen LogP contribution is -2.56. The summed E-state index contributed by atoms with van der Waals surface area (Å²) < 4.78 is 14.3. The Morgan fingerprint density at radius 2 is 0.924 bits per heavy atom. The molecule has 8 N–H and O–H groups in total. The molecule has 3 aromatic carbocycles. The number of likely N-dealkylation sites (N-methyl/N-ethyl adjacent to an activating group) is 2. The van der Waals surface area contributed by atoms with Gasteiger partial charge in [-0.2, -0.15) is 0 Å². The Labute approximate surface area is 383 Å². The van der Waals surface area contributed by atoms with Gasteiger partial charge in [0.05, 0.1) is 36.4 Å². The highest BCUT2D eigenvalue weighted by molar-refractivity contribution is 5.89. The summed E-state index contributed by atoms with van der Waals surface area (Å²) in [5.41, 5.74) is 12.8. The summed E-state index contributed by atoms with van der Waals surface area (Å²) in [5.74, 6) is -2.85. The maximum absolute atomic E-state index is 14.3. The van der Waals surface area contributed by atoms with Gasteiger partial charge in [-0.3, -0.25) is 29.0 Å². The number of aliphatic hydroxyl groups is 2. The first-order valence-corrected chi connectivity index (χ1v) is 22.1. The van der Waals surface area contributed by atoms with Crippen molar-refractivity contribution in [3.05, 3.63) is 101 Å². The number of hydrogen-bond donors (Lipinski definition) is 6. The molecule has 6 amide bonds. The summed E-state index contributed by atoms with van der Waals surface area (Å²) in [5, 5.41) is 41.5. The van der Waals surface area contributed by atoms with Crippen molar-refractivity contribution < 1.29 is 53.6 Å². The van der Waals surface area contributed by atoms with Crippen molar-refractivity contribution in [2.45, 2.75) is 115 Å². The third kappa shape index (κ3) is 10.2. The molecule has 0 aromatic heterocycles. The van der Waals surface area contributed by atoms with Gasteiger partial charge < -0.3 is 46.6 Å². The zero-order valence-corrected chi connectivity index (χ0v) is 38.2. The van der Waals surface area contributed by atoms with Gasteiger partial charge in [-0.05, 0) is 72.2 Å². The van der Waals surface area contributed by atoms with E-state index in [0.717, 1.165) is 37.7 Å². The van der Waals surface area contributed by atoms with E-state index in [1.54, 1.807) is 39.8 Å². The monoisotopic (exact) mass is 915 g/mol. The molecular formula is C48H62FN7O10. The normalized spacial score (nSPS) is 23.1. The minimum absolute atomic E-state index is 0.0311. The molecule has 0 spiro atoms. The maximum Gasteiger partial charge on any atom is 0.407 e. The first kappa shape index (κ1) is 49.2. The smallest absolute Gasteiger partial charge is 0.407 e. The van der Waals surface area contributed by atoms with Crippen LogP contribution in [0.4, 0.5) is 19.7 Å². The number of carbonyl (C=O) groups excluding carboxylic acids is 4. The largest absolute Gasteiger partial charge is 0.465 e. The molecule has 66 heavy (non-hydrogen) atoms. The lowest BCUT2D eigenvalue weighted by molar-refractivity contribution is -0.143. The molecule has 3 aliphatic rings. The van der Waals surface area contributed by atoms with Gasteiger partial charge in [0.2, 0.25) is 23.6 Å². The number of benzene rings is 3. The number of nitrogens with zero attached hydrogens (tertiary/aromatic N) is 5. The minimum Gasteiger partial charge on any atom is -0.465 e. The molecule has 3 saturated heterocycles. The molecule has 6 rings (SSSR count). The molecule has 0 unspecified atom stereocenters. The number of nitrogens with two attached hydrogens (primary N) is 2. The number of likely N-dealkylation sites (tertiary alicyclic amines) is 2. The van der Waals surface area contributed by atoms with Gasteiger partial charge in [0.25, 0.3) is 0 Å². The number of amides is 6. The lowest BCUT2D eigenvalue weighted by Gasteiger charge is -2.40. The number of rotatable bonds is 15. The van der Waals surface area contributed by atoms with Crippen molar-refractivity contribution in [3.8, 4) is 0 Å². The highest BCUT2D eigenvalue weighted by atomic mass is 19.1. The molecule has 0 radical (unpaired) electrons. The van der Waals surface area contributed by atoms with Gasteiger partial charge in [0.15, 0.2) is 0 Å². The van der Waals surface area contributed by atoms with Crippen LogP contribution in [0.5, 0.6) is 0 Å². The summed E-state index contributed by atoms with van der Waals surface area (Å²) in [7, 11) is 2.55. The SMILES string of the molecule is CN(C(=O)O)[C@H](C(=O)N1C[C@@H](O)C[C@H]1c1ccc([C@H]2CC[C@H](c3ccc([C@@H]4C[C@H](O)CN4C(=O)[C@@H](N(C)C(=O)O)C(C)(C)CC(N)=O)cc3)N2c2ccc(F)cc2)cc1)C(C)(C)CC(N)=O. The zero-order valence-electron chi connectivity index (χ0n) is 38.2. The van der Waals surface area contributed by atoms with E-state index in [0.29, 0.717) is 12.8 Å². The van der Waals surface area contributed by atoms with Crippen LogP contribution in [0.15, 0.2) is 72.8 Å². The van der Waals surface area contributed by atoms with Gasteiger partial charge in [0.1, 0.15) is 17.9 Å². The topological polar surface area (TPSA) is 252 Å². The van der Waals surface area contributed by atoms with Crippen LogP contribution in [-0.4, -0.2) is 127 Å². The third-order valence-electron chi connectivity index (χ3n) is 13.6. The highest BCUT2D eigenvalue weighted by Gasteiger charge is 2.49. The summed E-state index contributed by atoms with van der Waals surface area (Å²) in [4.78, 5) is 83.8. The molecule has 0 bridgehead atoms. The van der Waals surface area contributed by atoms with Crippen molar-refractivity contribution in [2.75, 3.05) is 32.1 Å². The first-order chi connectivity index (χ1) is 30.9. The van der Waals surface area contributed by atoms with E-state index in [2.05, 4.69) is 4.90 Å². The quantitative estimate of drug-likeness (QED) is 0.119. The molecular weight excluding hydrogens is 854 g/mol. The second-order valence-corrected chi connectivity index (χ2v) is 19.5. The lowest BCUT2D eigenvalue weighted by atomic mass is 9.79. The van der Waals surface area contributed by atoms with Crippen molar-refractivity contribution in [1.29, 1.82) is 0 Å². The Morgan fingerprint density at radius 3 is 1.23 bits per heavy atom. The maximum atomic E-state index is 14.3. The summed E-state index contributed by atoms with van der Waals surface area (Å²) >= 11 is 0. The average molecular weight is 916 g/mol. The van der Waals surface area contributed by atoms with Gasteiger partial charge in [-0.25, -0.2) is 14.0 Å². The Balaban J connectivity index is 1.27. The minimum atomic E-state index is -1.35. The molecule has 18 heteroatoms. The standard InChI is InChI=1S/C48H62FN7O10/c1-47(2,23-39(50)59)41(52(5)45(63)64)43(61)54-25-33(57)21-37(54)29-11-7-27(8-12-29)35-19-20-36(56(35)32-17-15-31(49)16-18-32)28-9-13-30(14-10-28)38-22-34(58)26-55(38)44(62)42(53(6)46(65)66)48(3,4)24-40(51)60/h7-18,33-38,41-42,57-58H,19-26H2,1-6H3,(H2,50,59)(H2,51,60)(H,63,64)(H,65,66)/t33-,34-,35+,36+,37-,38-,41+,42+/m0/s1. The van der Waals surface area contributed by atoms with E-state index in [-0.39, 0.29) is 56.7 Å². The number of halogens is 1. The molecule has 356 valence electrons. The third-order valence-corrected chi connectivity index (χ3v) is 13.6. The molecule has 0 saturated carbocycles. The number of primary amides is 2. The number of aliphatic hydroxyl groups excluding tert-OH is 2. The van der Waals surface area contributed by atoms with Crippen LogP contribution >= 0.6 is 0 Å². The van der Waals surface area contributed by atoms with Crippen molar-refractivity contribution in [2.24, 2.45) is 22.3 Å². The highest BCUT2D eigenvalue weighted by Crippen LogP contribution is 2.48.